The van der Waals surface area contributed by atoms with E-state index in [1.165, 1.54) is 0 Å². The van der Waals surface area contributed by atoms with Crippen molar-refractivity contribution >= 4 is 12.1 Å². The van der Waals surface area contributed by atoms with Crippen LogP contribution < -0.4 is 21.3 Å². The van der Waals surface area contributed by atoms with Crippen LogP contribution in [0.15, 0.2) is 60.7 Å². The third-order valence-electron chi connectivity index (χ3n) is 6.94. The molecule has 0 bridgehead atoms. The van der Waals surface area contributed by atoms with E-state index in [-0.39, 0.29) is 12.1 Å². The van der Waals surface area contributed by atoms with Gasteiger partial charge in [-0.15, -0.1) is 0 Å². The van der Waals surface area contributed by atoms with Crippen molar-refractivity contribution in [2.75, 3.05) is 13.1 Å². The van der Waals surface area contributed by atoms with Crippen LogP contribution in [0, 0.1) is 11.8 Å². The van der Waals surface area contributed by atoms with Crippen LogP contribution >= 0.6 is 0 Å². The van der Waals surface area contributed by atoms with Crippen molar-refractivity contribution < 1.29 is 19.8 Å². The van der Waals surface area contributed by atoms with Crippen molar-refractivity contribution in [3.63, 3.8) is 0 Å². The van der Waals surface area contributed by atoms with Crippen LogP contribution in [0.4, 0.5) is 9.59 Å². The highest BCUT2D eigenvalue weighted by Crippen LogP contribution is 2.28. The van der Waals surface area contributed by atoms with Crippen LogP contribution in [0.5, 0.6) is 0 Å². The summed E-state index contributed by atoms with van der Waals surface area (Å²) in [5.74, 6) is 0.681. The minimum Gasteiger partial charge on any atom is -0.386 e. The largest absolute Gasteiger partial charge is 0.386 e. The summed E-state index contributed by atoms with van der Waals surface area (Å²) >= 11 is 0. The lowest BCUT2D eigenvalue weighted by Crippen LogP contribution is -2.46. The number of hydrogen-bond donors (Lipinski definition) is 6. The quantitative estimate of drug-likeness (QED) is 0.301. The number of hydrogen-bond acceptors (Lipinski definition) is 4. The van der Waals surface area contributed by atoms with E-state index in [2.05, 4.69) is 21.3 Å². The maximum Gasteiger partial charge on any atom is 0.315 e. The van der Waals surface area contributed by atoms with Crippen LogP contribution in [0.2, 0.25) is 0 Å². The summed E-state index contributed by atoms with van der Waals surface area (Å²) in [5, 5.41) is 32.4. The average Bonchev–Trinajstić information content (AvgIpc) is 2.91. The van der Waals surface area contributed by atoms with E-state index in [0.29, 0.717) is 24.9 Å². The van der Waals surface area contributed by atoms with Crippen molar-refractivity contribution in [2.45, 2.75) is 63.8 Å². The normalized spacial score (nSPS) is 20.9. The number of amides is 4. The van der Waals surface area contributed by atoms with E-state index in [0.717, 1.165) is 36.8 Å². The summed E-state index contributed by atoms with van der Waals surface area (Å²) in [6.07, 6.45) is 2.49. The molecule has 1 saturated carbocycles. The molecule has 8 heteroatoms. The zero-order valence-electron chi connectivity index (χ0n) is 21.2. The molecule has 6 atom stereocenters. The molecule has 0 unspecified atom stereocenters. The van der Waals surface area contributed by atoms with Crippen LogP contribution in [0.3, 0.4) is 0 Å². The standard InChI is InChI=1S/C28H40N4O4/c1-19(25(33)23-12-5-3-6-13-23)31-27(35)29-17-21-10-9-11-22(16-21)18-30-28(36)32-20(2)26(34)24-14-7-4-8-15-24/h3-8,12-15,19-22,25-26,33-34H,9-11,16-18H2,1-2H3,(H2,29,31,35)(H2,30,32,36)/t19-,20+,21+,22-,25+,26-. The highest BCUT2D eigenvalue weighted by molar-refractivity contribution is 5.74. The summed E-state index contributed by atoms with van der Waals surface area (Å²) in [4.78, 5) is 24.7. The first-order valence-electron chi connectivity index (χ1n) is 12.9. The summed E-state index contributed by atoms with van der Waals surface area (Å²) in [6.45, 7) is 4.68. The molecule has 1 aliphatic carbocycles. The van der Waals surface area contributed by atoms with Crippen LogP contribution in [-0.2, 0) is 0 Å². The molecule has 0 aliphatic heterocycles. The molecule has 2 aromatic carbocycles. The molecule has 4 amide bonds. The third-order valence-corrected chi connectivity index (χ3v) is 6.94. The number of nitrogens with one attached hydrogen (secondary N) is 4. The van der Waals surface area contributed by atoms with E-state index in [1.54, 1.807) is 13.8 Å². The lowest BCUT2D eigenvalue weighted by molar-refractivity contribution is 0.136. The fourth-order valence-corrected chi connectivity index (χ4v) is 4.80. The second kappa shape index (κ2) is 13.8. The molecule has 0 spiro atoms. The number of carbonyl (C=O) groups excluding carboxylic acids is 2. The predicted molar refractivity (Wildman–Crippen MR) is 140 cm³/mol. The maximum atomic E-state index is 12.4. The molecule has 8 nitrogen and oxygen atoms in total. The molecule has 0 saturated heterocycles. The molecule has 0 radical (unpaired) electrons. The van der Waals surface area contributed by atoms with Gasteiger partial charge in [0.2, 0.25) is 0 Å². The van der Waals surface area contributed by atoms with Gasteiger partial charge in [0.1, 0.15) is 0 Å². The Morgan fingerprint density at radius 1 is 0.750 bits per heavy atom. The second-order valence-corrected chi connectivity index (χ2v) is 9.90. The Kier molecular flexibility index (Phi) is 10.6. The summed E-state index contributed by atoms with van der Waals surface area (Å²) in [5.41, 5.74) is 1.53. The van der Waals surface area contributed by atoms with Crippen molar-refractivity contribution in [3.05, 3.63) is 71.8 Å². The molecule has 0 heterocycles. The Labute approximate surface area is 213 Å². The Bertz CT molecular complexity index is 868. The van der Waals surface area contributed by atoms with Crippen LogP contribution in [0.1, 0.15) is 62.9 Å². The second-order valence-electron chi connectivity index (χ2n) is 9.90. The highest BCUT2D eigenvalue weighted by Gasteiger charge is 2.24. The maximum absolute atomic E-state index is 12.4. The van der Waals surface area contributed by atoms with Crippen molar-refractivity contribution in [3.8, 4) is 0 Å². The number of benzene rings is 2. The van der Waals surface area contributed by atoms with Gasteiger partial charge in [-0.05, 0) is 56.1 Å². The van der Waals surface area contributed by atoms with E-state index < -0.39 is 24.3 Å². The lowest BCUT2D eigenvalue weighted by atomic mass is 9.81. The van der Waals surface area contributed by atoms with Crippen molar-refractivity contribution in [1.82, 2.24) is 21.3 Å². The summed E-state index contributed by atoms with van der Waals surface area (Å²) < 4.78 is 0. The fraction of sp³-hybridized carbons (Fsp3) is 0.500. The van der Waals surface area contributed by atoms with Gasteiger partial charge in [0.15, 0.2) is 0 Å². The minimum absolute atomic E-state index is 0.289. The Balaban J connectivity index is 1.35. The molecular weight excluding hydrogens is 456 g/mol. The van der Waals surface area contributed by atoms with Gasteiger partial charge in [-0.2, -0.15) is 0 Å². The topological polar surface area (TPSA) is 123 Å². The Morgan fingerprint density at radius 2 is 1.14 bits per heavy atom. The molecule has 0 aromatic heterocycles. The van der Waals surface area contributed by atoms with Crippen molar-refractivity contribution in [2.24, 2.45) is 11.8 Å². The molecule has 2 aromatic rings. The monoisotopic (exact) mass is 496 g/mol. The molecule has 196 valence electrons. The van der Waals surface area contributed by atoms with Crippen molar-refractivity contribution in [1.29, 1.82) is 0 Å². The number of aliphatic hydroxyl groups is 2. The SMILES string of the molecule is C[C@H](NC(=O)NC[C@@H]1CCC[C@H](CNC(=O)N[C@H](C)[C@H](O)c2ccccc2)C1)[C@@H](O)c1ccccc1. The first kappa shape index (κ1) is 27.5. The van der Waals surface area contributed by atoms with Gasteiger partial charge in [-0.25, -0.2) is 9.59 Å². The van der Waals surface area contributed by atoms with E-state index >= 15 is 0 Å². The fourth-order valence-electron chi connectivity index (χ4n) is 4.80. The van der Waals surface area contributed by atoms with Gasteiger partial charge in [-0.1, -0.05) is 67.1 Å². The van der Waals surface area contributed by atoms with Crippen LogP contribution in [0.25, 0.3) is 0 Å². The van der Waals surface area contributed by atoms with Gasteiger partial charge in [0.25, 0.3) is 0 Å². The number of aliphatic hydroxyl groups excluding tert-OH is 2. The van der Waals surface area contributed by atoms with Gasteiger partial charge < -0.3 is 31.5 Å². The predicted octanol–water partition coefficient (Wildman–Crippen LogP) is 3.64. The van der Waals surface area contributed by atoms with Gasteiger partial charge in [-0.3, -0.25) is 0 Å². The van der Waals surface area contributed by atoms with Gasteiger partial charge in [0, 0.05) is 13.1 Å². The highest BCUT2D eigenvalue weighted by atomic mass is 16.3. The van der Waals surface area contributed by atoms with E-state index in [1.807, 2.05) is 60.7 Å². The smallest absolute Gasteiger partial charge is 0.315 e. The van der Waals surface area contributed by atoms with Gasteiger partial charge >= 0.3 is 12.1 Å². The number of carbonyl (C=O) groups is 2. The molecular formula is C28H40N4O4. The zero-order chi connectivity index (χ0) is 25.9. The van der Waals surface area contributed by atoms with Gasteiger partial charge in [0.05, 0.1) is 24.3 Å². The lowest BCUT2D eigenvalue weighted by Gasteiger charge is -2.30. The number of rotatable bonds is 10. The first-order valence-corrected chi connectivity index (χ1v) is 12.9. The van der Waals surface area contributed by atoms with Crippen LogP contribution in [-0.4, -0.2) is 47.4 Å². The molecule has 6 N–H and O–H groups in total. The molecule has 1 fully saturated rings. The number of urea groups is 2. The molecule has 1 aliphatic rings. The van der Waals surface area contributed by atoms with E-state index in [4.69, 9.17) is 0 Å². The van der Waals surface area contributed by atoms with E-state index in [9.17, 15) is 19.8 Å². The summed E-state index contributed by atoms with van der Waals surface area (Å²) in [7, 11) is 0. The average molecular weight is 497 g/mol. The molecule has 3 rings (SSSR count). The third kappa shape index (κ3) is 8.53. The molecule has 36 heavy (non-hydrogen) atoms. The zero-order valence-corrected chi connectivity index (χ0v) is 21.2. The summed E-state index contributed by atoms with van der Waals surface area (Å²) in [6, 6.07) is 17.1. The minimum atomic E-state index is -0.773. The Hall–Kier alpha value is -3.10. The Morgan fingerprint density at radius 3 is 1.53 bits per heavy atom. The first-order chi connectivity index (χ1) is 17.3.